The van der Waals surface area contributed by atoms with Gasteiger partial charge in [-0.1, -0.05) is 6.92 Å². The summed E-state index contributed by atoms with van der Waals surface area (Å²) in [5, 5.41) is 0. The summed E-state index contributed by atoms with van der Waals surface area (Å²) < 4.78 is 10.7. The molecule has 0 spiro atoms. The summed E-state index contributed by atoms with van der Waals surface area (Å²) in [5.41, 5.74) is 0.718. The van der Waals surface area contributed by atoms with Gasteiger partial charge < -0.3 is 9.15 Å². The second-order valence-electron chi connectivity index (χ2n) is 4.38. The Morgan fingerprint density at radius 2 is 2.00 bits per heavy atom. The highest BCUT2D eigenvalue weighted by Gasteiger charge is 2.07. The number of ketones is 1. The molecule has 2 aromatic rings. The molecule has 0 unspecified atom stereocenters. The first kappa shape index (κ1) is 13.4. The Morgan fingerprint density at radius 1 is 1.21 bits per heavy atom. The van der Waals surface area contributed by atoms with Crippen LogP contribution in [0.5, 0.6) is 5.75 Å². The Balaban J connectivity index is 1.88. The molecule has 0 saturated carbocycles. The highest BCUT2D eigenvalue weighted by atomic mass is 16.5. The zero-order chi connectivity index (χ0) is 13.5. The van der Waals surface area contributed by atoms with Gasteiger partial charge in [-0.05, 0) is 42.8 Å². The first-order valence-electron chi connectivity index (χ1n) is 6.58. The molecule has 1 aromatic heterocycles. The standard InChI is InChI=1S/C16H18O3/c1-2-11-18-15-7-5-13(6-8-15)16(17)10-9-14-4-3-12-19-14/h3-8,12H,2,9-11H2,1H3. The van der Waals surface area contributed by atoms with Crippen molar-refractivity contribution in [1.29, 1.82) is 0 Å². The van der Waals surface area contributed by atoms with Gasteiger partial charge in [0.25, 0.3) is 0 Å². The van der Waals surface area contributed by atoms with E-state index in [2.05, 4.69) is 6.92 Å². The topological polar surface area (TPSA) is 39.4 Å². The fourth-order valence-electron chi connectivity index (χ4n) is 1.79. The van der Waals surface area contributed by atoms with Crippen molar-refractivity contribution in [2.45, 2.75) is 26.2 Å². The van der Waals surface area contributed by atoms with Crippen molar-refractivity contribution in [2.24, 2.45) is 0 Å². The Morgan fingerprint density at radius 3 is 2.63 bits per heavy atom. The zero-order valence-corrected chi connectivity index (χ0v) is 11.1. The fourth-order valence-corrected chi connectivity index (χ4v) is 1.79. The molecule has 0 N–H and O–H groups in total. The molecule has 0 aliphatic carbocycles. The van der Waals surface area contributed by atoms with Gasteiger partial charge in [0.15, 0.2) is 5.78 Å². The summed E-state index contributed by atoms with van der Waals surface area (Å²) in [5.74, 6) is 1.78. The predicted octanol–water partition coefficient (Wildman–Crippen LogP) is 3.88. The van der Waals surface area contributed by atoms with E-state index in [1.165, 1.54) is 0 Å². The van der Waals surface area contributed by atoms with Crippen LogP contribution in [-0.4, -0.2) is 12.4 Å². The summed E-state index contributed by atoms with van der Waals surface area (Å²) in [7, 11) is 0. The van der Waals surface area contributed by atoms with E-state index in [4.69, 9.17) is 9.15 Å². The summed E-state index contributed by atoms with van der Waals surface area (Å²) in [6.45, 7) is 2.76. The van der Waals surface area contributed by atoms with Gasteiger partial charge in [0, 0.05) is 18.4 Å². The fraction of sp³-hybridized carbons (Fsp3) is 0.312. The third-order valence-corrected chi connectivity index (χ3v) is 2.83. The van der Waals surface area contributed by atoms with Gasteiger partial charge in [0.05, 0.1) is 12.9 Å². The maximum absolute atomic E-state index is 12.0. The molecular weight excluding hydrogens is 240 g/mol. The van der Waals surface area contributed by atoms with E-state index in [9.17, 15) is 4.79 Å². The van der Waals surface area contributed by atoms with Crippen LogP contribution in [0, 0.1) is 0 Å². The molecule has 0 radical (unpaired) electrons. The quantitative estimate of drug-likeness (QED) is 0.707. The number of carbonyl (C=O) groups is 1. The van der Waals surface area contributed by atoms with Crippen LogP contribution in [0.1, 0.15) is 35.9 Å². The molecule has 0 aliphatic heterocycles. The number of ether oxygens (including phenoxy) is 1. The number of rotatable bonds is 7. The summed E-state index contributed by atoms with van der Waals surface area (Å²) in [6, 6.07) is 11.0. The van der Waals surface area contributed by atoms with Crippen LogP contribution in [0.3, 0.4) is 0 Å². The lowest BCUT2D eigenvalue weighted by molar-refractivity contribution is 0.0981. The normalized spacial score (nSPS) is 10.4. The molecule has 0 fully saturated rings. The molecule has 3 nitrogen and oxygen atoms in total. The SMILES string of the molecule is CCCOc1ccc(C(=O)CCc2ccco2)cc1. The van der Waals surface area contributed by atoms with Crippen molar-refractivity contribution in [1.82, 2.24) is 0 Å². The summed E-state index contributed by atoms with van der Waals surface area (Å²) in [4.78, 5) is 12.0. The first-order chi connectivity index (χ1) is 9.29. The Labute approximate surface area is 113 Å². The second-order valence-corrected chi connectivity index (χ2v) is 4.38. The summed E-state index contributed by atoms with van der Waals surface area (Å²) in [6.07, 6.45) is 3.70. The van der Waals surface area contributed by atoms with E-state index >= 15 is 0 Å². The maximum atomic E-state index is 12.0. The highest BCUT2D eigenvalue weighted by molar-refractivity contribution is 5.96. The molecular formula is C16H18O3. The Bertz CT molecular complexity index is 497. The first-order valence-corrected chi connectivity index (χ1v) is 6.58. The zero-order valence-electron chi connectivity index (χ0n) is 11.1. The lowest BCUT2D eigenvalue weighted by Crippen LogP contribution is -2.01. The van der Waals surface area contributed by atoms with Crippen LogP contribution in [0.4, 0.5) is 0 Å². The van der Waals surface area contributed by atoms with Crippen molar-refractivity contribution in [2.75, 3.05) is 6.61 Å². The van der Waals surface area contributed by atoms with Crippen molar-refractivity contribution in [3.05, 3.63) is 54.0 Å². The molecule has 19 heavy (non-hydrogen) atoms. The number of aryl methyl sites for hydroxylation is 1. The largest absolute Gasteiger partial charge is 0.494 e. The molecule has 0 atom stereocenters. The van der Waals surface area contributed by atoms with Crippen LogP contribution in [0.25, 0.3) is 0 Å². The lowest BCUT2D eigenvalue weighted by atomic mass is 10.1. The van der Waals surface area contributed by atoms with Gasteiger partial charge >= 0.3 is 0 Å². The minimum atomic E-state index is 0.124. The third-order valence-electron chi connectivity index (χ3n) is 2.83. The van der Waals surface area contributed by atoms with Crippen LogP contribution in [0.2, 0.25) is 0 Å². The van der Waals surface area contributed by atoms with Crippen molar-refractivity contribution in [3.63, 3.8) is 0 Å². The molecule has 0 saturated heterocycles. The average Bonchev–Trinajstić information content (AvgIpc) is 2.96. The van der Waals surface area contributed by atoms with Gasteiger partial charge in [-0.15, -0.1) is 0 Å². The van der Waals surface area contributed by atoms with Gasteiger partial charge in [0.1, 0.15) is 11.5 Å². The lowest BCUT2D eigenvalue weighted by Gasteiger charge is -2.05. The molecule has 3 heteroatoms. The number of carbonyl (C=O) groups excluding carboxylic acids is 1. The van der Waals surface area contributed by atoms with Crippen LogP contribution >= 0.6 is 0 Å². The van der Waals surface area contributed by atoms with Crippen molar-refractivity contribution < 1.29 is 13.9 Å². The number of hydrogen-bond donors (Lipinski definition) is 0. The Kier molecular flexibility index (Phi) is 4.78. The molecule has 0 aliphatic rings. The predicted molar refractivity (Wildman–Crippen MR) is 73.6 cm³/mol. The third kappa shape index (κ3) is 3.98. The van der Waals surface area contributed by atoms with E-state index in [1.807, 2.05) is 36.4 Å². The Hall–Kier alpha value is -2.03. The molecule has 0 bridgehead atoms. The highest BCUT2D eigenvalue weighted by Crippen LogP contribution is 2.15. The van der Waals surface area contributed by atoms with Crippen molar-refractivity contribution in [3.8, 4) is 5.75 Å². The monoisotopic (exact) mass is 258 g/mol. The molecule has 1 heterocycles. The van der Waals surface area contributed by atoms with E-state index in [0.29, 0.717) is 19.4 Å². The van der Waals surface area contributed by atoms with Crippen LogP contribution < -0.4 is 4.74 Å². The van der Waals surface area contributed by atoms with Crippen molar-refractivity contribution >= 4 is 5.78 Å². The number of Topliss-reactive ketones (excluding diaryl/α,β-unsaturated/α-hetero) is 1. The van der Waals surface area contributed by atoms with E-state index in [0.717, 1.165) is 23.5 Å². The van der Waals surface area contributed by atoms with E-state index < -0.39 is 0 Å². The summed E-state index contributed by atoms with van der Waals surface area (Å²) >= 11 is 0. The van der Waals surface area contributed by atoms with Crippen LogP contribution in [0.15, 0.2) is 47.1 Å². The molecule has 2 rings (SSSR count). The average molecular weight is 258 g/mol. The molecule has 0 amide bonds. The van der Waals surface area contributed by atoms with Gasteiger partial charge in [-0.3, -0.25) is 4.79 Å². The number of benzene rings is 1. The smallest absolute Gasteiger partial charge is 0.163 e. The minimum absolute atomic E-state index is 0.124. The van der Waals surface area contributed by atoms with Gasteiger partial charge in [-0.25, -0.2) is 0 Å². The number of furan rings is 1. The van der Waals surface area contributed by atoms with Crippen LogP contribution in [-0.2, 0) is 6.42 Å². The van der Waals surface area contributed by atoms with Gasteiger partial charge in [-0.2, -0.15) is 0 Å². The molecule has 1 aromatic carbocycles. The molecule has 100 valence electrons. The second kappa shape index (κ2) is 6.78. The maximum Gasteiger partial charge on any atom is 0.163 e. The van der Waals surface area contributed by atoms with Gasteiger partial charge in [0.2, 0.25) is 0 Å². The number of hydrogen-bond acceptors (Lipinski definition) is 3. The van der Waals surface area contributed by atoms with E-state index in [-0.39, 0.29) is 5.78 Å². The minimum Gasteiger partial charge on any atom is -0.494 e. The van der Waals surface area contributed by atoms with E-state index in [1.54, 1.807) is 6.26 Å².